The fraction of sp³-hybridized carbons (Fsp3) is 0.441. The first-order valence-corrected chi connectivity index (χ1v) is 16.2. The zero-order valence-electron chi connectivity index (χ0n) is 25.8. The number of halogens is 1. The molecular formula is C34H36ClN5O6. The number of carboxylic acids is 1. The quantitative estimate of drug-likeness (QED) is 0.269. The van der Waals surface area contributed by atoms with E-state index >= 15 is 0 Å². The third kappa shape index (κ3) is 4.63. The number of hydrogen-bond acceptors (Lipinski definition) is 9. The van der Waals surface area contributed by atoms with Crippen molar-refractivity contribution in [2.45, 2.75) is 69.2 Å². The highest BCUT2D eigenvalue weighted by atomic mass is 35.5. The minimum atomic E-state index is -1.10. The number of carboxylic acid groups (broad SMARTS) is 1. The van der Waals surface area contributed by atoms with Gasteiger partial charge in [0.2, 0.25) is 0 Å². The molecule has 12 heteroatoms. The van der Waals surface area contributed by atoms with Gasteiger partial charge in [-0.15, -0.1) is 0 Å². The molecular weight excluding hydrogens is 610 g/mol. The Balaban J connectivity index is 1.20. The lowest BCUT2D eigenvalue weighted by molar-refractivity contribution is -0.0810. The highest BCUT2D eigenvalue weighted by Gasteiger charge is 2.57. The van der Waals surface area contributed by atoms with Crippen molar-refractivity contribution in [3.63, 3.8) is 0 Å². The Kier molecular flexibility index (Phi) is 7.13. The van der Waals surface area contributed by atoms with Gasteiger partial charge < -0.3 is 33.9 Å². The number of piperazine rings is 1. The molecule has 11 nitrogen and oxygen atoms in total. The molecule has 3 unspecified atom stereocenters. The average molecular weight is 646 g/mol. The fourth-order valence-corrected chi connectivity index (χ4v) is 7.83. The van der Waals surface area contributed by atoms with E-state index in [1.165, 1.54) is 0 Å². The van der Waals surface area contributed by atoms with Crippen molar-refractivity contribution in [1.82, 2.24) is 24.8 Å². The number of fused-ring (bicyclic) bond motifs is 3. The SMILES string of the molecule is COc1cc(C(=O)O)cc2c1nc(CN1CCNC3CCC31c1cccc3c1OC(C)(c1ccc(Cl)cn1)O3)n2C[C@@H]1CCCO1. The van der Waals surface area contributed by atoms with Crippen molar-refractivity contribution in [2.75, 3.05) is 26.8 Å². The second-order valence-electron chi connectivity index (χ2n) is 12.7. The van der Waals surface area contributed by atoms with E-state index in [2.05, 4.69) is 25.8 Å². The summed E-state index contributed by atoms with van der Waals surface area (Å²) < 4.78 is 27.0. The van der Waals surface area contributed by atoms with Crippen LogP contribution in [0.2, 0.25) is 5.02 Å². The summed E-state index contributed by atoms with van der Waals surface area (Å²) in [4.78, 5) is 24.2. The van der Waals surface area contributed by atoms with Gasteiger partial charge >= 0.3 is 5.97 Å². The summed E-state index contributed by atoms with van der Waals surface area (Å²) in [5.41, 5.74) is 2.89. The molecule has 46 heavy (non-hydrogen) atoms. The molecule has 0 amide bonds. The Bertz CT molecular complexity index is 1830. The number of hydrogen-bond donors (Lipinski definition) is 2. The number of rotatable bonds is 8. The maximum Gasteiger partial charge on any atom is 0.335 e. The number of para-hydroxylation sites is 1. The number of carbonyl (C=O) groups is 1. The predicted octanol–water partition coefficient (Wildman–Crippen LogP) is 5.08. The lowest BCUT2D eigenvalue weighted by Gasteiger charge is -2.59. The average Bonchev–Trinajstić information content (AvgIpc) is 3.76. The molecule has 0 bridgehead atoms. The molecule has 2 N–H and O–H groups in total. The topological polar surface area (TPSA) is 120 Å². The Morgan fingerprint density at radius 1 is 1.22 bits per heavy atom. The number of imidazole rings is 1. The van der Waals surface area contributed by atoms with Gasteiger partial charge in [-0.2, -0.15) is 0 Å². The van der Waals surface area contributed by atoms with Crippen LogP contribution in [-0.4, -0.2) is 69.5 Å². The number of benzene rings is 2. The van der Waals surface area contributed by atoms with Crippen LogP contribution in [0.25, 0.3) is 11.0 Å². The van der Waals surface area contributed by atoms with E-state index < -0.39 is 11.8 Å². The predicted molar refractivity (Wildman–Crippen MR) is 170 cm³/mol. The Morgan fingerprint density at radius 2 is 2.11 bits per heavy atom. The van der Waals surface area contributed by atoms with Crippen LogP contribution >= 0.6 is 11.6 Å². The van der Waals surface area contributed by atoms with Crippen molar-refractivity contribution in [1.29, 1.82) is 0 Å². The van der Waals surface area contributed by atoms with Crippen LogP contribution in [-0.2, 0) is 29.2 Å². The molecule has 3 fully saturated rings. The molecule has 0 radical (unpaired) electrons. The van der Waals surface area contributed by atoms with Gasteiger partial charge in [0.05, 0.1) is 47.9 Å². The molecule has 8 rings (SSSR count). The van der Waals surface area contributed by atoms with Crippen LogP contribution in [0, 0.1) is 0 Å². The van der Waals surface area contributed by atoms with Gasteiger partial charge in [0.15, 0.2) is 11.5 Å². The Hall–Kier alpha value is -3.90. The van der Waals surface area contributed by atoms with Gasteiger partial charge in [-0.3, -0.25) is 9.88 Å². The second-order valence-corrected chi connectivity index (χ2v) is 13.1. The fourth-order valence-electron chi connectivity index (χ4n) is 7.72. The van der Waals surface area contributed by atoms with Crippen LogP contribution in [0.3, 0.4) is 0 Å². The van der Waals surface area contributed by atoms with Crippen LogP contribution in [0.1, 0.15) is 60.0 Å². The number of ether oxygens (including phenoxy) is 4. The zero-order valence-corrected chi connectivity index (χ0v) is 26.5. The Labute approximate surface area is 271 Å². The molecule has 4 atom stereocenters. The van der Waals surface area contributed by atoms with E-state index in [9.17, 15) is 9.90 Å². The standard InChI is InChI=1S/C34H36ClN5O6/c1-33(27-9-8-21(35)17-37-27)45-25-7-3-6-23(31(25)46-33)34-11-10-28(34)36-12-13-39(34)19-29-38-30-24(40(29)18-22-5-4-14-44-22)15-20(32(41)42)16-26(30)43-2/h3,6-9,15-17,22,28,36H,4-5,10-14,18-19H2,1-2H3,(H,41,42)/t22-,28?,33?,34?/m0/s1. The van der Waals surface area contributed by atoms with Crippen LogP contribution in [0.4, 0.5) is 0 Å². The van der Waals surface area contributed by atoms with E-state index in [-0.39, 0.29) is 23.2 Å². The lowest BCUT2D eigenvalue weighted by Crippen LogP contribution is -2.70. The van der Waals surface area contributed by atoms with E-state index in [1.807, 2.05) is 25.1 Å². The third-order valence-corrected chi connectivity index (χ3v) is 10.3. The Morgan fingerprint density at radius 3 is 2.83 bits per heavy atom. The van der Waals surface area contributed by atoms with Crippen molar-refractivity contribution in [2.24, 2.45) is 0 Å². The molecule has 240 valence electrons. The van der Waals surface area contributed by atoms with Crippen molar-refractivity contribution in [3.8, 4) is 17.2 Å². The first kappa shape index (κ1) is 29.5. The van der Waals surface area contributed by atoms with Gasteiger partial charge in [0.25, 0.3) is 5.79 Å². The summed E-state index contributed by atoms with van der Waals surface area (Å²) >= 11 is 6.12. The van der Waals surface area contributed by atoms with E-state index in [1.54, 1.807) is 31.5 Å². The normalized spacial score (nSPS) is 27.0. The zero-order chi connectivity index (χ0) is 31.6. The molecule has 2 aromatic carbocycles. The summed E-state index contributed by atoms with van der Waals surface area (Å²) in [5, 5.41) is 14.2. The first-order valence-electron chi connectivity index (χ1n) is 15.8. The first-order chi connectivity index (χ1) is 22.3. The maximum atomic E-state index is 12.1. The molecule has 5 heterocycles. The number of pyridine rings is 1. The number of methoxy groups -OCH3 is 1. The highest BCUT2D eigenvalue weighted by molar-refractivity contribution is 6.30. The van der Waals surface area contributed by atoms with Crippen LogP contribution in [0.5, 0.6) is 17.2 Å². The maximum absolute atomic E-state index is 12.1. The molecule has 4 aromatic rings. The number of nitrogens with zero attached hydrogens (tertiary/aromatic N) is 4. The van der Waals surface area contributed by atoms with E-state index in [0.29, 0.717) is 40.8 Å². The van der Waals surface area contributed by atoms with Gasteiger partial charge in [-0.05, 0) is 56.0 Å². The van der Waals surface area contributed by atoms with Crippen molar-refractivity contribution in [3.05, 3.63) is 76.3 Å². The summed E-state index contributed by atoms with van der Waals surface area (Å²) in [7, 11) is 1.55. The van der Waals surface area contributed by atoms with E-state index in [0.717, 1.165) is 68.0 Å². The molecule has 4 aliphatic rings. The van der Waals surface area contributed by atoms with E-state index in [4.69, 9.17) is 35.5 Å². The molecule has 0 spiro atoms. The molecule has 3 aliphatic heterocycles. The van der Waals surface area contributed by atoms with Gasteiger partial charge in [-0.25, -0.2) is 9.78 Å². The molecule has 2 saturated heterocycles. The second kappa shape index (κ2) is 11.1. The number of aromatic nitrogens is 3. The summed E-state index contributed by atoms with van der Waals surface area (Å²) in [5.74, 6) is 0.587. The minimum absolute atomic E-state index is 0.0335. The van der Waals surface area contributed by atoms with Gasteiger partial charge in [0.1, 0.15) is 22.8 Å². The summed E-state index contributed by atoms with van der Waals surface area (Å²) in [6.45, 7) is 5.37. The van der Waals surface area contributed by atoms with Gasteiger partial charge in [-0.1, -0.05) is 23.7 Å². The molecule has 2 aromatic heterocycles. The molecule has 1 saturated carbocycles. The third-order valence-electron chi connectivity index (χ3n) is 10.1. The minimum Gasteiger partial charge on any atom is -0.494 e. The van der Waals surface area contributed by atoms with Crippen LogP contribution < -0.4 is 19.5 Å². The van der Waals surface area contributed by atoms with Gasteiger partial charge in [0, 0.05) is 44.4 Å². The summed E-state index contributed by atoms with van der Waals surface area (Å²) in [6.07, 6.45) is 5.54. The lowest BCUT2D eigenvalue weighted by atomic mass is 9.64. The smallest absolute Gasteiger partial charge is 0.335 e. The largest absolute Gasteiger partial charge is 0.494 e. The van der Waals surface area contributed by atoms with Crippen LogP contribution in [0.15, 0.2) is 48.7 Å². The number of aromatic carboxylic acids is 1. The number of nitrogens with one attached hydrogen (secondary N) is 1. The monoisotopic (exact) mass is 645 g/mol. The molecule has 1 aliphatic carbocycles. The summed E-state index contributed by atoms with van der Waals surface area (Å²) in [6, 6.07) is 13.2. The van der Waals surface area contributed by atoms with Crippen molar-refractivity contribution < 1.29 is 28.8 Å². The highest BCUT2D eigenvalue weighted by Crippen LogP contribution is 2.56. The van der Waals surface area contributed by atoms with Crippen molar-refractivity contribution >= 4 is 28.6 Å².